The zero-order valence-corrected chi connectivity index (χ0v) is 9.32. The molecule has 5 heteroatoms. The van der Waals surface area contributed by atoms with E-state index in [4.69, 9.17) is 12.2 Å². The molecule has 0 aromatic heterocycles. The number of hydrogen-bond donors (Lipinski definition) is 0. The van der Waals surface area contributed by atoms with E-state index in [-0.39, 0.29) is 5.91 Å². The van der Waals surface area contributed by atoms with Crippen molar-refractivity contribution in [3.8, 4) is 0 Å². The molecule has 1 aliphatic heterocycles. The van der Waals surface area contributed by atoms with Crippen molar-refractivity contribution in [3.63, 3.8) is 0 Å². The lowest BCUT2D eigenvalue weighted by molar-refractivity contribution is -0.124. The van der Waals surface area contributed by atoms with Crippen molar-refractivity contribution >= 4 is 40.4 Å². The summed E-state index contributed by atoms with van der Waals surface area (Å²) >= 11 is 6.32. The smallest absolute Gasteiger partial charge is 0.259 e. The van der Waals surface area contributed by atoms with Gasteiger partial charge in [-0.3, -0.25) is 4.79 Å². The van der Waals surface area contributed by atoms with E-state index in [0.717, 1.165) is 6.42 Å². The fourth-order valence-electron chi connectivity index (χ4n) is 0.799. The van der Waals surface area contributed by atoms with Gasteiger partial charge in [-0.05, 0) is 12.3 Å². The first-order chi connectivity index (χ1) is 6.11. The lowest BCUT2D eigenvalue weighted by Crippen LogP contribution is -2.22. The molecule has 0 saturated carbocycles. The van der Waals surface area contributed by atoms with Crippen molar-refractivity contribution in [2.75, 3.05) is 5.75 Å². The summed E-state index contributed by atoms with van der Waals surface area (Å²) in [5.74, 6) is 0.968. The molecular weight excluding hydrogens is 204 g/mol. The minimum Gasteiger partial charge on any atom is -0.272 e. The van der Waals surface area contributed by atoms with Gasteiger partial charge in [0.15, 0.2) is 4.32 Å². The van der Waals surface area contributed by atoms with Crippen molar-refractivity contribution in [1.29, 1.82) is 0 Å². The van der Waals surface area contributed by atoms with E-state index in [1.165, 1.54) is 16.8 Å². The van der Waals surface area contributed by atoms with Gasteiger partial charge in [-0.15, -0.1) is 0 Å². The Kier molecular flexibility index (Phi) is 3.87. The third-order valence-corrected chi connectivity index (χ3v) is 2.84. The summed E-state index contributed by atoms with van der Waals surface area (Å²) in [6.45, 7) is 4.20. The number of thioether (sulfide) groups is 1. The summed E-state index contributed by atoms with van der Waals surface area (Å²) in [6.07, 6.45) is 2.62. The van der Waals surface area contributed by atoms with Gasteiger partial charge in [-0.2, -0.15) is 10.1 Å². The SMILES string of the molecule is CC(C)C/C=N/N1C(=O)CSC1=S. The van der Waals surface area contributed by atoms with Crippen molar-refractivity contribution < 1.29 is 4.79 Å². The third kappa shape index (κ3) is 3.08. The van der Waals surface area contributed by atoms with E-state index in [1.807, 2.05) is 0 Å². The van der Waals surface area contributed by atoms with Crippen LogP contribution in [0.2, 0.25) is 0 Å². The number of rotatable bonds is 3. The molecule has 1 fully saturated rings. The topological polar surface area (TPSA) is 32.7 Å². The second-order valence-corrected chi connectivity index (χ2v) is 4.80. The van der Waals surface area contributed by atoms with Gasteiger partial charge < -0.3 is 0 Å². The monoisotopic (exact) mass is 216 g/mol. The van der Waals surface area contributed by atoms with E-state index < -0.39 is 0 Å². The van der Waals surface area contributed by atoms with Crippen LogP contribution in [0.25, 0.3) is 0 Å². The van der Waals surface area contributed by atoms with Crippen molar-refractivity contribution in [2.24, 2.45) is 11.0 Å². The molecule has 1 rings (SSSR count). The Morgan fingerprint density at radius 1 is 1.77 bits per heavy atom. The Bertz CT molecular complexity index is 235. The van der Waals surface area contributed by atoms with Crippen LogP contribution in [0.5, 0.6) is 0 Å². The maximum Gasteiger partial charge on any atom is 0.259 e. The molecule has 1 amide bonds. The third-order valence-electron chi connectivity index (χ3n) is 1.50. The second kappa shape index (κ2) is 4.72. The maximum atomic E-state index is 11.2. The van der Waals surface area contributed by atoms with Gasteiger partial charge in [0, 0.05) is 6.21 Å². The molecular formula is C8H12N2OS2. The predicted octanol–water partition coefficient (Wildman–Crippen LogP) is 1.88. The Balaban J connectivity index is 2.47. The highest BCUT2D eigenvalue weighted by molar-refractivity contribution is 8.23. The average Bonchev–Trinajstić information content (AvgIpc) is 2.34. The maximum absolute atomic E-state index is 11.2. The molecule has 3 nitrogen and oxygen atoms in total. The van der Waals surface area contributed by atoms with Gasteiger partial charge in [0.2, 0.25) is 0 Å². The first-order valence-corrected chi connectivity index (χ1v) is 5.53. The molecule has 0 aliphatic carbocycles. The van der Waals surface area contributed by atoms with Gasteiger partial charge in [0.25, 0.3) is 5.91 Å². The molecule has 1 aliphatic rings. The summed E-state index contributed by atoms with van der Waals surface area (Å²) in [5.41, 5.74) is 0. The highest BCUT2D eigenvalue weighted by atomic mass is 32.2. The summed E-state index contributed by atoms with van der Waals surface area (Å²) in [7, 11) is 0. The van der Waals surface area contributed by atoms with Gasteiger partial charge in [-0.1, -0.05) is 37.8 Å². The van der Waals surface area contributed by atoms with Crippen LogP contribution < -0.4 is 0 Å². The van der Waals surface area contributed by atoms with Gasteiger partial charge in [0.1, 0.15) is 0 Å². The predicted molar refractivity (Wildman–Crippen MR) is 59.8 cm³/mol. The van der Waals surface area contributed by atoms with Crippen LogP contribution in [-0.4, -0.2) is 27.2 Å². The number of carbonyl (C=O) groups is 1. The number of hydrogen-bond acceptors (Lipinski definition) is 4. The fraction of sp³-hybridized carbons (Fsp3) is 0.625. The zero-order valence-electron chi connectivity index (χ0n) is 7.69. The molecule has 72 valence electrons. The molecule has 0 spiro atoms. The fourth-order valence-corrected chi connectivity index (χ4v) is 1.76. The number of thiocarbonyl (C=S) groups is 1. The molecule has 0 aromatic rings. The normalized spacial score (nSPS) is 18.2. The van der Waals surface area contributed by atoms with Crippen LogP contribution in [0.1, 0.15) is 20.3 Å². The highest BCUT2D eigenvalue weighted by Crippen LogP contribution is 2.19. The Hall–Kier alpha value is -0.420. The zero-order chi connectivity index (χ0) is 9.84. The molecule has 0 bridgehead atoms. The van der Waals surface area contributed by atoms with Crippen LogP contribution >= 0.6 is 24.0 Å². The molecule has 1 heterocycles. The second-order valence-electron chi connectivity index (χ2n) is 3.19. The van der Waals surface area contributed by atoms with Crippen molar-refractivity contribution in [3.05, 3.63) is 0 Å². The van der Waals surface area contributed by atoms with E-state index in [2.05, 4.69) is 18.9 Å². The minimum atomic E-state index is -0.0185. The first kappa shape index (κ1) is 10.7. The summed E-state index contributed by atoms with van der Waals surface area (Å²) in [6, 6.07) is 0. The van der Waals surface area contributed by atoms with E-state index in [1.54, 1.807) is 6.21 Å². The number of carbonyl (C=O) groups excluding carboxylic acids is 1. The Morgan fingerprint density at radius 3 is 2.92 bits per heavy atom. The van der Waals surface area contributed by atoms with Gasteiger partial charge in [0.05, 0.1) is 5.75 Å². The minimum absolute atomic E-state index is 0.0185. The Labute approximate surface area is 87.6 Å². The van der Waals surface area contributed by atoms with Crippen molar-refractivity contribution in [1.82, 2.24) is 5.01 Å². The first-order valence-electron chi connectivity index (χ1n) is 4.13. The summed E-state index contributed by atoms with van der Waals surface area (Å²) in [4.78, 5) is 11.2. The van der Waals surface area contributed by atoms with Crippen LogP contribution in [0.15, 0.2) is 5.10 Å². The molecule has 0 atom stereocenters. The molecule has 0 aromatic carbocycles. The molecule has 13 heavy (non-hydrogen) atoms. The van der Waals surface area contributed by atoms with E-state index in [9.17, 15) is 4.79 Å². The van der Waals surface area contributed by atoms with Crippen LogP contribution in [0.3, 0.4) is 0 Å². The standard InChI is InChI=1S/C8H12N2OS2/c1-6(2)3-4-9-10-7(11)5-13-8(10)12/h4,6H,3,5H2,1-2H3/b9-4+. The highest BCUT2D eigenvalue weighted by Gasteiger charge is 2.25. The molecule has 0 N–H and O–H groups in total. The number of amides is 1. The average molecular weight is 216 g/mol. The van der Waals surface area contributed by atoms with E-state index >= 15 is 0 Å². The molecule has 0 unspecified atom stereocenters. The van der Waals surface area contributed by atoms with Crippen molar-refractivity contribution in [2.45, 2.75) is 20.3 Å². The van der Waals surface area contributed by atoms with Crippen LogP contribution in [0, 0.1) is 5.92 Å². The van der Waals surface area contributed by atoms with Crippen LogP contribution in [-0.2, 0) is 4.79 Å². The van der Waals surface area contributed by atoms with Gasteiger partial charge in [-0.25, -0.2) is 0 Å². The van der Waals surface area contributed by atoms with Gasteiger partial charge >= 0.3 is 0 Å². The van der Waals surface area contributed by atoms with Crippen LogP contribution in [0.4, 0.5) is 0 Å². The Morgan fingerprint density at radius 2 is 2.46 bits per heavy atom. The lowest BCUT2D eigenvalue weighted by atomic mass is 10.2. The van der Waals surface area contributed by atoms with E-state index in [0.29, 0.717) is 16.0 Å². The largest absolute Gasteiger partial charge is 0.272 e. The number of hydrazone groups is 1. The quantitative estimate of drug-likeness (QED) is 0.533. The molecule has 0 radical (unpaired) electrons. The lowest BCUT2D eigenvalue weighted by Gasteiger charge is -2.06. The molecule has 1 saturated heterocycles. The summed E-state index contributed by atoms with van der Waals surface area (Å²) in [5, 5.41) is 5.33. The summed E-state index contributed by atoms with van der Waals surface area (Å²) < 4.78 is 0.560. The number of nitrogens with zero attached hydrogens (tertiary/aromatic N) is 2.